The standard InChI is InChI=1S/C23H21N2/c24-14-16-25-15-13-20(22-7-3-4-8-23(22)25)12-10-18-9-11-19-5-1-2-6-21(19)17-18/h1-13,15,17H,14,16,24H2/q+1/b12-10+. The molecule has 2 N–H and O–H groups in total. The van der Waals surface area contributed by atoms with Crippen LogP contribution in [0, 0.1) is 0 Å². The van der Waals surface area contributed by atoms with Crippen molar-refractivity contribution in [1.82, 2.24) is 0 Å². The number of para-hydroxylation sites is 1. The monoisotopic (exact) mass is 325 g/mol. The van der Waals surface area contributed by atoms with Crippen LogP contribution in [0.1, 0.15) is 11.1 Å². The molecule has 1 aromatic heterocycles. The quantitative estimate of drug-likeness (QED) is 0.553. The number of nitrogens with two attached hydrogens (primary N) is 1. The van der Waals surface area contributed by atoms with E-state index in [1.54, 1.807) is 0 Å². The van der Waals surface area contributed by atoms with Gasteiger partial charge in [0.25, 0.3) is 0 Å². The molecule has 25 heavy (non-hydrogen) atoms. The summed E-state index contributed by atoms with van der Waals surface area (Å²) in [6, 6.07) is 25.7. The Morgan fingerprint density at radius 1 is 0.800 bits per heavy atom. The molecular formula is C23H21N2+. The fourth-order valence-corrected chi connectivity index (χ4v) is 3.29. The van der Waals surface area contributed by atoms with Crippen molar-refractivity contribution in [1.29, 1.82) is 0 Å². The first-order valence-corrected chi connectivity index (χ1v) is 8.63. The van der Waals surface area contributed by atoms with Crippen molar-refractivity contribution in [2.24, 2.45) is 5.73 Å². The van der Waals surface area contributed by atoms with Crippen molar-refractivity contribution in [2.45, 2.75) is 6.54 Å². The molecule has 2 nitrogen and oxygen atoms in total. The number of rotatable bonds is 4. The Hall–Kier alpha value is -2.97. The SMILES string of the molecule is NCC[n+]1ccc(/C=C/c2ccc3ccccc3c2)c2ccccc21. The van der Waals surface area contributed by atoms with Crippen LogP contribution in [0.2, 0.25) is 0 Å². The summed E-state index contributed by atoms with van der Waals surface area (Å²) in [5.41, 5.74) is 9.38. The van der Waals surface area contributed by atoms with Crippen LogP contribution >= 0.6 is 0 Å². The molecule has 0 amide bonds. The van der Waals surface area contributed by atoms with E-state index >= 15 is 0 Å². The van der Waals surface area contributed by atoms with Crippen LogP contribution in [0.3, 0.4) is 0 Å². The van der Waals surface area contributed by atoms with E-state index in [1.807, 2.05) is 0 Å². The molecule has 0 bridgehead atoms. The predicted octanol–water partition coefficient (Wildman–Crippen LogP) is 4.41. The predicted molar refractivity (Wildman–Crippen MR) is 106 cm³/mol. The Bertz CT molecular complexity index is 1060. The number of benzene rings is 3. The highest BCUT2D eigenvalue weighted by atomic mass is 15.0. The summed E-state index contributed by atoms with van der Waals surface area (Å²) in [6.45, 7) is 1.47. The van der Waals surface area contributed by atoms with Crippen molar-refractivity contribution >= 4 is 33.8 Å². The number of nitrogens with zero attached hydrogens (tertiary/aromatic N) is 1. The second-order valence-electron chi connectivity index (χ2n) is 6.21. The van der Waals surface area contributed by atoms with Gasteiger partial charge < -0.3 is 5.73 Å². The molecule has 0 aliphatic carbocycles. The van der Waals surface area contributed by atoms with Gasteiger partial charge in [0.1, 0.15) is 0 Å². The van der Waals surface area contributed by atoms with E-state index < -0.39 is 0 Å². The third kappa shape index (κ3) is 3.17. The molecule has 0 saturated heterocycles. The highest BCUT2D eigenvalue weighted by molar-refractivity contribution is 5.90. The lowest BCUT2D eigenvalue weighted by atomic mass is 10.0. The van der Waals surface area contributed by atoms with Crippen molar-refractivity contribution < 1.29 is 4.57 Å². The molecule has 0 aliphatic rings. The highest BCUT2D eigenvalue weighted by Crippen LogP contribution is 2.20. The summed E-state index contributed by atoms with van der Waals surface area (Å²) < 4.78 is 2.21. The van der Waals surface area contributed by atoms with E-state index in [4.69, 9.17) is 5.73 Å². The van der Waals surface area contributed by atoms with Crippen LogP contribution in [-0.4, -0.2) is 6.54 Å². The molecule has 4 aromatic rings. The molecule has 0 radical (unpaired) electrons. The molecule has 1 heterocycles. The summed E-state index contributed by atoms with van der Waals surface area (Å²) in [7, 11) is 0. The van der Waals surface area contributed by atoms with E-state index in [1.165, 1.54) is 32.8 Å². The van der Waals surface area contributed by atoms with Gasteiger partial charge in [-0.25, -0.2) is 0 Å². The zero-order valence-electron chi connectivity index (χ0n) is 14.1. The van der Waals surface area contributed by atoms with E-state index in [0.717, 1.165) is 6.54 Å². The van der Waals surface area contributed by atoms with Gasteiger partial charge in [-0.1, -0.05) is 60.7 Å². The Kier molecular flexibility index (Phi) is 4.28. The van der Waals surface area contributed by atoms with Crippen molar-refractivity contribution in [3.63, 3.8) is 0 Å². The first kappa shape index (κ1) is 15.6. The summed E-state index contributed by atoms with van der Waals surface area (Å²) in [6.07, 6.45) is 6.50. The zero-order chi connectivity index (χ0) is 17.1. The van der Waals surface area contributed by atoms with Gasteiger partial charge >= 0.3 is 0 Å². The smallest absolute Gasteiger partial charge is 0.213 e. The number of fused-ring (bicyclic) bond motifs is 2. The van der Waals surface area contributed by atoms with Gasteiger partial charge in [0, 0.05) is 12.1 Å². The number of hydrogen-bond donors (Lipinski definition) is 1. The molecule has 0 atom stereocenters. The Labute approximate surface area is 147 Å². The van der Waals surface area contributed by atoms with Crippen molar-refractivity contribution in [3.8, 4) is 0 Å². The number of aromatic nitrogens is 1. The van der Waals surface area contributed by atoms with E-state index in [2.05, 4.69) is 95.7 Å². The summed E-state index contributed by atoms with van der Waals surface area (Å²) >= 11 is 0. The molecule has 2 heteroatoms. The zero-order valence-corrected chi connectivity index (χ0v) is 14.1. The highest BCUT2D eigenvalue weighted by Gasteiger charge is 2.09. The molecule has 122 valence electrons. The average molecular weight is 325 g/mol. The fourth-order valence-electron chi connectivity index (χ4n) is 3.29. The molecule has 0 spiro atoms. The van der Waals surface area contributed by atoms with Gasteiger partial charge in [-0.15, -0.1) is 0 Å². The molecule has 0 aliphatic heterocycles. The lowest BCUT2D eigenvalue weighted by Crippen LogP contribution is -2.37. The maximum absolute atomic E-state index is 5.73. The van der Waals surface area contributed by atoms with E-state index in [0.29, 0.717) is 6.54 Å². The lowest BCUT2D eigenvalue weighted by molar-refractivity contribution is -0.668. The van der Waals surface area contributed by atoms with Crippen LogP contribution in [-0.2, 0) is 6.54 Å². The minimum absolute atomic E-state index is 0.640. The van der Waals surface area contributed by atoms with Gasteiger partial charge in [0.2, 0.25) is 5.52 Å². The Morgan fingerprint density at radius 2 is 1.60 bits per heavy atom. The maximum Gasteiger partial charge on any atom is 0.213 e. The van der Waals surface area contributed by atoms with Crippen molar-refractivity contribution in [3.05, 3.63) is 90.1 Å². The van der Waals surface area contributed by atoms with Crippen LogP contribution in [0.25, 0.3) is 33.8 Å². The molecule has 0 fully saturated rings. The van der Waals surface area contributed by atoms with Crippen LogP contribution in [0.5, 0.6) is 0 Å². The fraction of sp³-hybridized carbons (Fsp3) is 0.0870. The Morgan fingerprint density at radius 3 is 2.48 bits per heavy atom. The minimum Gasteiger partial charge on any atom is -0.325 e. The first-order valence-electron chi connectivity index (χ1n) is 8.63. The normalized spacial score (nSPS) is 11.6. The van der Waals surface area contributed by atoms with Crippen molar-refractivity contribution in [2.75, 3.05) is 6.54 Å². The summed E-state index contributed by atoms with van der Waals surface area (Å²) in [4.78, 5) is 0. The second kappa shape index (κ2) is 6.88. The minimum atomic E-state index is 0.640. The molecule has 0 saturated carbocycles. The van der Waals surface area contributed by atoms with E-state index in [-0.39, 0.29) is 0 Å². The first-order chi connectivity index (χ1) is 12.3. The van der Waals surface area contributed by atoms with Crippen LogP contribution in [0.4, 0.5) is 0 Å². The number of pyridine rings is 1. The molecule has 4 rings (SSSR count). The molecule has 3 aromatic carbocycles. The average Bonchev–Trinajstić information content (AvgIpc) is 2.67. The third-order valence-corrected chi connectivity index (χ3v) is 4.56. The van der Waals surface area contributed by atoms with E-state index in [9.17, 15) is 0 Å². The maximum atomic E-state index is 5.73. The van der Waals surface area contributed by atoms with Crippen LogP contribution < -0.4 is 10.3 Å². The summed E-state index contributed by atoms with van der Waals surface area (Å²) in [5.74, 6) is 0. The second-order valence-corrected chi connectivity index (χ2v) is 6.21. The third-order valence-electron chi connectivity index (χ3n) is 4.56. The number of hydrogen-bond acceptors (Lipinski definition) is 1. The van der Waals surface area contributed by atoms with Gasteiger partial charge in [-0.05, 0) is 34.0 Å². The lowest BCUT2D eigenvalue weighted by Gasteiger charge is -2.04. The van der Waals surface area contributed by atoms with Gasteiger partial charge in [0.15, 0.2) is 12.7 Å². The van der Waals surface area contributed by atoms with Gasteiger partial charge in [-0.2, -0.15) is 4.57 Å². The largest absolute Gasteiger partial charge is 0.325 e. The topological polar surface area (TPSA) is 29.9 Å². The Balaban J connectivity index is 1.74. The van der Waals surface area contributed by atoms with Crippen LogP contribution in [0.15, 0.2) is 79.0 Å². The van der Waals surface area contributed by atoms with Gasteiger partial charge in [0.05, 0.1) is 11.9 Å². The summed E-state index contributed by atoms with van der Waals surface area (Å²) in [5, 5.41) is 3.78. The van der Waals surface area contributed by atoms with Gasteiger partial charge in [-0.3, -0.25) is 0 Å². The molecular weight excluding hydrogens is 304 g/mol. The molecule has 0 unspecified atom stereocenters.